The molecule has 0 heterocycles. The second-order valence-corrected chi connectivity index (χ2v) is 10.4. The molecule has 0 N–H and O–H groups in total. The van der Waals surface area contributed by atoms with Crippen LogP contribution in [0.15, 0.2) is 36.4 Å². The number of hydrogen-bond donors (Lipinski definition) is 0. The van der Waals surface area contributed by atoms with E-state index in [1.54, 1.807) is 0 Å². The fraction of sp³-hybridized carbons (Fsp3) is 0.375. The van der Waals surface area contributed by atoms with E-state index in [0.29, 0.717) is 5.92 Å². The quantitative estimate of drug-likeness (QED) is 0.525. The van der Waals surface area contributed by atoms with Crippen LogP contribution in [0.4, 0.5) is 0 Å². The number of benzene rings is 1. The highest BCUT2D eigenvalue weighted by Gasteiger charge is 2.08. The third kappa shape index (κ3) is 5.56. The molecule has 0 radical (unpaired) electrons. The van der Waals surface area contributed by atoms with Crippen molar-refractivity contribution in [1.29, 1.82) is 0 Å². The third-order valence-corrected chi connectivity index (χ3v) is 3.03. The van der Waals surface area contributed by atoms with Crippen LogP contribution in [0.3, 0.4) is 0 Å². The van der Waals surface area contributed by atoms with E-state index in [1.165, 1.54) is 11.1 Å². The standard InChI is InChI=1S/C16H22Si/c1-14(2)13-16(11-12-17(3,4)5)15-9-7-6-8-10-15/h6-10,13-14H,1-5H3. The van der Waals surface area contributed by atoms with Gasteiger partial charge in [0.25, 0.3) is 0 Å². The Bertz CT molecular complexity index is 436. The van der Waals surface area contributed by atoms with E-state index in [-0.39, 0.29) is 0 Å². The summed E-state index contributed by atoms with van der Waals surface area (Å²) < 4.78 is 0. The molecule has 0 nitrogen and oxygen atoms in total. The predicted octanol–water partition coefficient (Wildman–Crippen LogP) is 4.61. The molecule has 0 aromatic heterocycles. The first-order chi connectivity index (χ1) is 7.88. The highest BCUT2D eigenvalue weighted by Crippen LogP contribution is 2.16. The number of allylic oxidation sites excluding steroid dienone is 2. The normalized spacial score (nSPS) is 12.2. The Labute approximate surface area is 107 Å². The van der Waals surface area contributed by atoms with Gasteiger partial charge >= 0.3 is 0 Å². The van der Waals surface area contributed by atoms with Crippen LogP contribution in [0.25, 0.3) is 5.57 Å². The predicted molar refractivity (Wildman–Crippen MR) is 80.4 cm³/mol. The van der Waals surface area contributed by atoms with Crippen LogP contribution < -0.4 is 0 Å². The van der Waals surface area contributed by atoms with Crippen molar-refractivity contribution in [3.8, 4) is 11.5 Å². The number of hydrogen-bond acceptors (Lipinski definition) is 0. The lowest BCUT2D eigenvalue weighted by Crippen LogP contribution is -2.16. The van der Waals surface area contributed by atoms with Crippen LogP contribution in [-0.4, -0.2) is 8.07 Å². The summed E-state index contributed by atoms with van der Waals surface area (Å²) in [5.74, 6) is 3.91. The molecule has 0 saturated heterocycles. The Hall–Kier alpha value is -1.26. The first-order valence-electron chi connectivity index (χ1n) is 6.19. The van der Waals surface area contributed by atoms with Crippen molar-refractivity contribution >= 4 is 13.6 Å². The summed E-state index contributed by atoms with van der Waals surface area (Å²) in [6.07, 6.45) is 2.25. The van der Waals surface area contributed by atoms with Crippen molar-refractivity contribution < 1.29 is 0 Å². The minimum Gasteiger partial charge on any atom is -0.127 e. The largest absolute Gasteiger partial charge is 0.129 e. The van der Waals surface area contributed by atoms with Gasteiger partial charge < -0.3 is 0 Å². The highest BCUT2D eigenvalue weighted by atomic mass is 28.3. The molecule has 1 aromatic carbocycles. The molecule has 0 aliphatic heterocycles. The van der Waals surface area contributed by atoms with Gasteiger partial charge in [-0.15, -0.1) is 5.54 Å². The van der Waals surface area contributed by atoms with Crippen LogP contribution in [0.2, 0.25) is 19.6 Å². The molecule has 0 unspecified atom stereocenters. The summed E-state index contributed by atoms with van der Waals surface area (Å²) in [6.45, 7) is 11.2. The summed E-state index contributed by atoms with van der Waals surface area (Å²) in [4.78, 5) is 0. The van der Waals surface area contributed by atoms with Crippen molar-refractivity contribution in [1.82, 2.24) is 0 Å². The summed E-state index contributed by atoms with van der Waals surface area (Å²) >= 11 is 0. The summed E-state index contributed by atoms with van der Waals surface area (Å²) in [6, 6.07) is 10.4. The van der Waals surface area contributed by atoms with E-state index < -0.39 is 8.07 Å². The zero-order chi connectivity index (χ0) is 12.9. The van der Waals surface area contributed by atoms with Gasteiger partial charge in [-0.3, -0.25) is 0 Å². The van der Waals surface area contributed by atoms with Crippen molar-refractivity contribution in [3.05, 3.63) is 42.0 Å². The zero-order valence-corrected chi connectivity index (χ0v) is 12.5. The van der Waals surface area contributed by atoms with Crippen LogP contribution in [0.5, 0.6) is 0 Å². The molecule has 0 aliphatic carbocycles. The van der Waals surface area contributed by atoms with Gasteiger partial charge in [-0.1, -0.05) is 75.8 Å². The lowest BCUT2D eigenvalue weighted by Gasteiger charge is -2.06. The molecule has 0 amide bonds. The topological polar surface area (TPSA) is 0 Å². The molecular formula is C16H22Si. The lowest BCUT2D eigenvalue weighted by atomic mass is 10.0. The Morgan fingerprint density at radius 1 is 1.12 bits per heavy atom. The third-order valence-electron chi connectivity index (χ3n) is 2.16. The average molecular weight is 242 g/mol. The molecule has 0 bridgehead atoms. The lowest BCUT2D eigenvalue weighted by molar-refractivity contribution is 0.834. The SMILES string of the molecule is CC(C)C=C(C#C[Si](C)(C)C)c1ccccc1. The van der Waals surface area contributed by atoms with E-state index in [2.05, 4.69) is 75.3 Å². The van der Waals surface area contributed by atoms with Crippen molar-refractivity contribution in [3.63, 3.8) is 0 Å². The maximum absolute atomic E-state index is 3.45. The van der Waals surface area contributed by atoms with Gasteiger partial charge in [0.1, 0.15) is 8.07 Å². The molecule has 1 aromatic rings. The van der Waals surface area contributed by atoms with Gasteiger partial charge in [-0.2, -0.15) is 0 Å². The molecule has 0 spiro atoms. The molecule has 0 saturated carbocycles. The van der Waals surface area contributed by atoms with Crippen LogP contribution in [-0.2, 0) is 0 Å². The van der Waals surface area contributed by atoms with Gasteiger partial charge in [0, 0.05) is 5.57 Å². The maximum atomic E-state index is 3.45. The Kier molecular flexibility index (Phi) is 4.78. The first-order valence-corrected chi connectivity index (χ1v) is 9.69. The molecule has 1 rings (SSSR count). The molecular weight excluding hydrogens is 220 g/mol. The molecule has 17 heavy (non-hydrogen) atoms. The van der Waals surface area contributed by atoms with Gasteiger partial charge in [0.15, 0.2) is 0 Å². The Morgan fingerprint density at radius 3 is 2.18 bits per heavy atom. The van der Waals surface area contributed by atoms with Crippen molar-refractivity contribution in [2.75, 3.05) is 0 Å². The van der Waals surface area contributed by atoms with E-state index >= 15 is 0 Å². The summed E-state index contributed by atoms with van der Waals surface area (Å²) in [5, 5.41) is 0. The van der Waals surface area contributed by atoms with Gasteiger partial charge in [0.05, 0.1) is 0 Å². The second-order valence-electron chi connectivity index (χ2n) is 5.69. The minimum absolute atomic E-state index is 0.529. The van der Waals surface area contributed by atoms with E-state index in [9.17, 15) is 0 Å². The van der Waals surface area contributed by atoms with Crippen molar-refractivity contribution in [2.45, 2.75) is 33.5 Å². The van der Waals surface area contributed by atoms with E-state index in [1.807, 2.05) is 6.07 Å². The van der Waals surface area contributed by atoms with Crippen LogP contribution in [0.1, 0.15) is 19.4 Å². The molecule has 0 atom stereocenters. The summed E-state index contributed by atoms with van der Waals surface area (Å²) in [5.41, 5.74) is 5.84. The second kappa shape index (κ2) is 5.89. The van der Waals surface area contributed by atoms with E-state index in [0.717, 1.165) is 0 Å². The number of rotatable bonds is 2. The molecule has 0 fully saturated rings. The average Bonchev–Trinajstić information content (AvgIpc) is 2.24. The maximum Gasteiger partial charge on any atom is 0.129 e. The van der Waals surface area contributed by atoms with E-state index in [4.69, 9.17) is 0 Å². The molecule has 90 valence electrons. The monoisotopic (exact) mass is 242 g/mol. The molecule has 1 heteroatoms. The van der Waals surface area contributed by atoms with Crippen LogP contribution >= 0.6 is 0 Å². The zero-order valence-electron chi connectivity index (χ0n) is 11.5. The smallest absolute Gasteiger partial charge is 0.127 e. The van der Waals surface area contributed by atoms with Crippen LogP contribution in [0, 0.1) is 17.4 Å². The van der Waals surface area contributed by atoms with Gasteiger partial charge in [-0.25, -0.2) is 0 Å². The fourth-order valence-corrected chi connectivity index (χ4v) is 1.93. The highest BCUT2D eigenvalue weighted by molar-refractivity contribution is 6.84. The van der Waals surface area contributed by atoms with Crippen molar-refractivity contribution in [2.24, 2.45) is 5.92 Å². The molecule has 0 aliphatic rings. The minimum atomic E-state index is -1.31. The van der Waals surface area contributed by atoms with Gasteiger partial charge in [0.2, 0.25) is 0 Å². The Morgan fingerprint density at radius 2 is 1.71 bits per heavy atom. The summed E-state index contributed by atoms with van der Waals surface area (Å²) in [7, 11) is -1.31. The first kappa shape index (κ1) is 13.8. The Balaban J connectivity index is 3.10. The van der Waals surface area contributed by atoms with Gasteiger partial charge in [-0.05, 0) is 11.5 Å². The fourth-order valence-electron chi connectivity index (χ4n) is 1.42.